The molecular weight excluding hydrogens is 386 g/mol. The first-order valence-corrected chi connectivity index (χ1v) is 10.2. The number of hydrogen-bond donors (Lipinski definition) is 2. The Morgan fingerprint density at radius 1 is 0.871 bits per heavy atom. The van der Waals surface area contributed by atoms with Crippen molar-refractivity contribution < 1.29 is 9.59 Å². The van der Waals surface area contributed by atoms with Crippen LogP contribution in [0.5, 0.6) is 0 Å². The molecule has 0 bridgehead atoms. The lowest BCUT2D eigenvalue weighted by molar-refractivity contribution is -0.130. The van der Waals surface area contributed by atoms with Crippen LogP contribution in [0.3, 0.4) is 0 Å². The average molecular weight is 412 g/mol. The molecule has 0 spiro atoms. The molecule has 0 aliphatic heterocycles. The zero-order valence-corrected chi connectivity index (χ0v) is 17.4. The van der Waals surface area contributed by atoms with Crippen molar-refractivity contribution in [2.24, 2.45) is 11.7 Å². The Hall–Kier alpha value is -3.91. The average Bonchev–Trinajstić information content (AvgIpc) is 2.80. The Balaban J connectivity index is 2.24. The molecule has 0 aliphatic rings. The Labute approximate surface area is 182 Å². The predicted octanol–water partition coefficient (Wildman–Crippen LogP) is 3.54. The molecule has 2 atom stereocenters. The second-order valence-electron chi connectivity index (χ2n) is 7.54. The van der Waals surface area contributed by atoms with E-state index in [1.807, 2.05) is 91.0 Å². The molecule has 156 valence electrons. The Morgan fingerprint density at radius 3 is 1.58 bits per heavy atom. The van der Waals surface area contributed by atoms with Crippen LogP contribution in [-0.4, -0.2) is 17.9 Å². The Kier molecular flexibility index (Phi) is 6.84. The van der Waals surface area contributed by atoms with Crippen LogP contribution in [0.4, 0.5) is 0 Å². The van der Waals surface area contributed by atoms with Crippen LogP contribution >= 0.6 is 0 Å². The summed E-state index contributed by atoms with van der Waals surface area (Å²) >= 11 is 0. The number of nitrogens with zero attached hydrogens (tertiary/aromatic N) is 1. The smallest absolute Gasteiger partial charge is 0.240 e. The molecule has 31 heavy (non-hydrogen) atoms. The van der Waals surface area contributed by atoms with E-state index in [0.717, 1.165) is 16.7 Å². The third kappa shape index (κ3) is 4.34. The van der Waals surface area contributed by atoms with E-state index in [9.17, 15) is 9.59 Å². The summed E-state index contributed by atoms with van der Waals surface area (Å²) in [6.45, 7) is 1.73. The molecule has 0 fully saturated rings. The van der Waals surface area contributed by atoms with Crippen molar-refractivity contribution in [3.05, 3.63) is 108 Å². The van der Waals surface area contributed by atoms with Crippen LogP contribution in [0.1, 0.15) is 30.0 Å². The SMILES string of the molecule is C[C@@H](CC#N)[C@H](NC(=O)C(c1ccccc1)(c1ccccc1)c1ccccc1)C(N)=O. The number of amides is 2. The van der Waals surface area contributed by atoms with Gasteiger partial charge in [-0.2, -0.15) is 5.26 Å². The fourth-order valence-electron chi connectivity index (χ4n) is 3.96. The highest BCUT2D eigenvalue weighted by atomic mass is 16.2. The van der Waals surface area contributed by atoms with Crippen molar-refractivity contribution in [1.82, 2.24) is 5.32 Å². The molecule has 3 aromatic rings. The maximum absolute atomic E-state index is 14.1. The Bertz CT molecular complexity index is 963. The maximum atomic E-state index is 14.1. The quantitative estimate of drug-likeness (QED) is 0.555. The van der Waals surface area contributed by atoms with E-state index in [2.05, 4.69) is 11.4 Å². The van der Waals surface area contributed by atoms with Gasteiger partial charge in [0.05, 0.1) is 6.07 Å². The van der Waals surface area contributed by atoms with Gasteiger partial charge in [0.1, 0.15) is 11.5 Å². The van der Waals surface area contributed by atoms with Crippen molar-refractivity contribution in [2.45, 2.75) is 24.8 Å². The molecule has 5 nitrogen and oxygen atoms in total. The van der Waals surface area contributed by atoms with Gasteiger partial charge in [-0.3, -0.25) is 9.59 Å². The summed E-state index contributed by atoms with van der Waals surface area (Å²) in [7, 11) is 0. The zero-order chi connectivity index (χ0) is 22.3. The fourth-order valence-corrected chi connectivity index (χ4v) is 3.96. The lowest BCUT2D eigenvalue weighted by Crippen LogP contribution is -2.55. The Morgan fingerprint density at radius 2 is 1.26 bits per heavy atom. The van der Waals surface area contributed by atoms with Crippen molar-refractivity contribution in [2.75, 3.05) is 0 Å². The summed E-state index contributed by atoms with van der Waals surface area (Å²) in [5.74, 6) is -1.46. The summed E-state index contributed by atoms with van der Waals surface area (Å²) in [5.41, 5.74) is 6.70. The summed E-state index contributed by atoms with van der Waals surface area (Å²) in [5, 5.41) is 12.0. The number of rotatable bonds is 8. The second-order valence-corrected chi connectivity index (χ2v) is 7.54. The molecule has 0 saturated heterocycles. The highest BCUT2D eigenvalue weighted by Gasteiger charge is 2.45. The summed E-state index contributed by atoms with van der Waals surface area (Å²) in [6, 6.07) is 29.5. The highest BCUT2D eigenvalue weighted by molar-refractivity contribution is 5.98. The van der Waals surface area contributed by atoms with Crippen molar-refractivity contribution in [1.29, 1.82) is 5.26 Å². The van der Waals surface area contributed by atoms with Gasteiger partial charge in [0.15, 0.2) is 0 Å². The number of primary amides is 1. The van der Waals surface area contributed by atoms with E-state index in [1.54, 1.807) is 6.92 Å². The third-order valence-corrected chi connectivity index (χ3v) is 5.54. The van der Waals surface area contributed by atoms with Gasteiger partial charge in [0, 0.05) is 6.42 Å². The van der Waals surface area contributed by atoms with Crippen LogP contribution in [0.15, 0.2) is 91.0 Å². The number of nitrogens with one attached hydrogen (secondary N) is 1. The standard InChI is InChI=1S/C26H25N3O2/c1-19(17-18-27)23(24(28)30)29-25(31)26(20-11-5-2-6-12-20,21-13-7-3-8-14-21)22-15-9-4-10-16-22/h2-16,19,23H,17H2,1H3,(H2,28,30)(H,29,31)/t19-,23-/m0/s1. The molecule has 0 heterocycles. The third-order valence-electron chi connectivity index (χ3n) is 5.54. The molecule has 3 rings (SSSR count). The molecule has 3 aromatic carbocycles. The van der Waals surface area contributed by atoms with Crippen LogP contribution in [0.2, 0.25) is 0 Å². The van der Waals surface area contributed by atoms with Crippen molar-refractivity contribution in [3.63, 3.8) is 0 Å². The normalized spacial score (nSPS) is 12.9. The lowest BCUT2D eigenvalue weighted by atomic mass is 9.68. The van der Waals surface area contributed by atoms with Gasteiger partial charge < -0.3 is 11.1 Å². The minimum Gasteiger partial charge on any atom is -0.368 e. The topological polar surface area (TPSA) is 96.0 Å². The molecule has 0 saturated carbocycles. The predicted molar refractivity (Wildman–Crippen MR) is 120 cm³/mol. The molecular formula is C26H25N3O2. The van der Waals surface area contributed by atoms with Gasteiger partial charge >= 0.3 is 0 Å². The maximum Gasteiger partial charge on any atom is 0.240 e. The summed E-state index contributed by atoms with van der Waals surface area (Å²) in [6.07, 6.45) is 0.100. The minimum absolute atomic E-state index is 0.100. The van der Waals surface area contributed by atoms with Gasteiger partial charge in [-0.15, -0.1) is 0 Å². The van der Waals surface area contributed by atoms with E-state index in [-0.39, 0.29) is 12.3 Å². The van der Waals surface area contributed by atoms with Gasteiger partial charge in [-0.05, 0) is 22.6 Å². The van der Waals surface area contributed by atoms with E-state index < -0.39 is 23.3 Å². The number of nitriles is 1. The first-order chi connectivity index (χ1) is 15.0. The van der Waals surface area contributed by atoms with Gasteiger partial charge in [0.2, 0.25) is 11.8 Å². The van der Waals surface area contributed by atoms with Crippen LogP contribution in [0, 0.1) is 17.2 Å². The molecule has 2 amide bonds. The zero-order valence-electron chi connectivity index (χ0n) is 17.4. The molecule has 0 aliphatic carbocycles. The fraction of sp³-hybridized carbons (Fsp3) is 0.192. The number of hydrogen-bond acceptors (Lipinski definition) is 3. The number of carbonyl (C=O) groups excluding carboxylic acids is 2. The van der Waals surface area contributed by atoms with E-state index in [0.29, 0.717) is 0 Å². The first-order valence-electron chi connectivity index (χ1n) is 10.2. The summed E-state index contributed by atoms with van der Waals surface area (Å²) in [4.78, 5) is 26.3. The monoisotopic (exact) mass is 411 g/mol. The molecule has 3 N–H and O–H groups in total. The van der Waals surface area contributed by atoms with E-state index in [4.69, 9.17) is 11.0 Å². The molecule has 0 radical (unpaired) electrons. The van der Waals surface area contributed by atoms with Crippen molar-refractivity contribution >= 4 is 11.8 Å². The van der Waals surface area contributed by atoms with E-state index >= 15 is 0 Å². The van der Waals surface area contributed by atoms with Gasteiger partial charge in [0.25, 0.3) is 0 Å². The molecule has 0 aromatic heterocycles. The largest absolute Gasteiger partial charge is 0.368 e. The van der Waals surface area contributed by atoms with Crippen LogP contribution in [-0.2, 0) is 15.0 Å². The molecule has 0 unspecified atom stereocenters. The van der Waals surface area contributed by atoms with Gasteiger partial charge in [-0.25, -0.2) is 0 Å². The second kappa shape index (κ2) is 9.73. The molecule has 5 heteroatoms. The summed E-state index contributed by atoms with van der Waals surface area (Å²) < 4.78 is 0. The number of carbonyl (C=O) groups is 2. The number of nitrogens with two attached hydrogens (primary N) is 1. The van der Waals surface area contributed by atoms with Crippen LogP contribution in [0.25, 0.3) is 0 Å². The van der Waals surface area contributed by atoms with Crippen LogP contribution < -0.4 is 11.1 Å². The van der Waals surface area contributed by atoms with Crippen molar-refractivity contribution in [3.8, 4) is 6.07 Å². The minimum atomic E-state index is -1.20. The number of benzene rings is 3. The van der Waals surface area contributed by atoms with E-state index in [1.165, 1.54) is 0 Å². The highest BCUT2D eigenvalue weighted by Crippen LogP contribution is 2.39. The van der Waals surface area contributed by atoms with Gasteiger partial charge in [-0.1, -0.05) is 97.9 Å². The lowest BCUT2D eigenvalue weighted by Gasteiger charge is -2.36. The first kappa shape index (κ1) is 21.8.